The number of hydrogen-bond donors (Lipinski definition) is 2. The van der Waals surface area contributed by atoms with Crippen LogP contribution in [0.2, 0.25) is 0 Å². The number of hydrogen-bond acceptors (Lipinski definition) is 2. The van der Waals surface area contributed by atoms with Gasteiger partial charge in [-0.25, -0.2) is 0 Å². The Bertz CT molecular complexity index is 245. The van der Waals surface area contributed by atoms with Gasteiger partial charge in [-0.05, 0) is 18.5 Å². The lowest BCUT2D eigenvalue weighted by molar-refractivity contribution is 0.560. The van der Waals surface area contributed by atoms with Gasteiger partial charge in [0.2, 0.25) is 0 Å². The van der Waals surface area contributed by atoms with Crippen LogP contribution < -0.4 is 5.73 Å². The smallest absolute Gasteiger partial charge is 0.0522 e. The minimum atomic E-state index is 0.140. The Balaban J connectivity index is 2.91. The third-order valence-corrected chi connectivity index (χ3v) is 1.88. The van der Waals surface area contributed by atoms with E-state index in [1.165, 1.54) is 11.3 Å². The number of nitrogens with zero attached hydrogens (tertiary/aromatic N) is 1. The number of nitrogens with one attached hydrogen (secondary N) is 1. The highest BCUT2D eigenvalue weighted by atomic mass is 15.1. The van der Waals surface area contributed by atoms with Crippen LogP contribution in [0.15, 0.2) is 6.20 Å². The highest BCUT2D eigenvalue weighted by Gasteiger charge is 2.18. The van der Waals surface area contributed by atoms with E-state index in [1.807, 2.05) is 6.20 Å². The summed E-state index contributed by atoms with van der Waals surface area (Å²) in [6.07, 6.45) is 2.77. The van der Waals surface area contributed by atoms with E-state index in [0.29, 0.717) is 6.54 Å². The van der Waals surface area contributed by atoms with Crippen LogP contribution in [0.4, 0.5) is 0 Å². The second-order valence-electron chi connectivity index (χ2n) is 4.06. The third kappa shape index (κ3) is 1.85. The molecule has 0 aliphatic carbocycles. The Morgan fingerprint density at radius 3 is 2.67 bits per heavy atom. The van der Waals surface area contributed by atoms with E-state index in [0.717, 1.165) is 6.42 Å². The van der Waals surface area contributed by atoms with Gasteiger partial charge >= 0.3 is 0 Å². The van der Waals surface area contributed by atoms with Crippen LogP contribution in [-0.2, 0) is 11.8 Å². The quantitative estimate of drug-likeness (QED) is 0.695. The van der Waals surface area contributed by atoms with Gasteiger partial charge in [0, 0.05) is 11.1 Å². The molecule has 1 rings (SSSR count). The lowest BCUT2D eigenvalue weighted by Gasteiger charge is -2.17. The van der Waals surface area contributed by atoms with E-state index in [9.17, 15) is 0 Å². The fraction of sp³-hybridized carbons (Fsp3) is 0.667. The zero-order valence-corrected chi connectivity index (χ0v) is 8.02. The fourth-order valence-corrected chi connectivity index (χ4v) is 1.31. The fourth-order valence-electron chi connectivity index (χ4n) is 1.31. The number of aromatic amines is 1. The van der Waals surface area contributed by atoms with E-state index < -0.39 is 0 Å². The predicted octanol–water partition coefficient (Wildman–Crippen LogP) is 1.21. The molecule has 0 atom stereocenters. The summed E-state index contributed by atoms with van der Waals surface area (Å²) in [6.45, 7) is 7.18. The molecule has 3 nitrogen and oxygen atoms in total. The molecule has 3 N–H and O–H groups in total. The van der Waals surface area contributed by atoms with Crippen LogP contribution in [-0.4, -0.2) is 16.7 Å². The summed E-state index contributed by atoms with van der Waals surface area (Å²) in [7, 11) is 0. The predicted molar refractivity (Wildman–Crippen MR) is 50.0 cm³/mol. The van der Waals surface area contributed by atoms with Gasteiger partial charge in [0.05, 0.1) is 6.20 Å². The maximum absolute atomic E-state index is 5.49. The minimum absolute atomic E-state index is 0.140. The Kier molecular flexibility index (Phi) is 2.52. The van der Waals surface area contributed by atoms with Crippen molar-refractivity contribution in [3.05, 3.63) is 17.5 Å². The number of aromatic nitrogens is 2. The maximum atomic E-state index is 5.49. The van der Waals surface area contributed by atoms with E-state index >= 15 is 0 Å². The topological polar surface area (TPSA) is 54.7 Å². The van der Waals surface area contributed by atoms with Gasteiger partial charge in [0.15, 0.2) is 0 Å². The monoisotopic (exact) mass is 167 g/mol. The molecule has 0 aliphatic heterocycles. The summed E-state index contributed by atoms with van der Waals surface area (Å²) in [5, 5.41) is 7.05. The van der Waals surface area contributed by atoms with Crippen molar-refractivity contribution in [3.8, 4) is 0 Å². The first-order valence-electron chi connectivity index (χ1n) is 4.28. The first kappa shape index (κ1) is 9.26. The van der Waals surface area contributed by atoms with Crippen LogP contribution in [0.1, 0.15) is 32.0 Å². The molecule has 0 unspecified atom stereocenters. The van der Waals surface area contributed by atoms with Crippen molar-refractivity contribution in [3.63, 3.8) is 0 Å². The summed E-state index contributed by atoms with van der Waals surface area (Å²) >= 11 is 0. The molecule has 0 aliphatic rings. The zero-order chi connectivity index (χ0) is 9.19. The van der Waals surface area contributed by atoms with Crippen LogP contribution in [0.3, 0.4) is 0 Å². The van der Waals surface area contributed by atoms with Gasteiger partial charge < -0.3 is 5.73 Å². The van der Waals surface area contributed by atoms with Crippen molar-refractivity contribution >= 4 is 0 Å². The molecule has 0 amide bonds. The SMILES string of the molecule is CC(C)(C)c1[nH]ncc1CCN. The maximum Gasteiger partial charge on any atom is 0.0522 e. The van der Waals surface area contributed by atoms with Gasteiger partial charge in [-0.2, -0.15) is 5.10 Å². The van der Waals surface area contributed by atoms with Crippen molar-refractivity contribution in [1.29, 1.82) is 0 Å². The molecule has 0 aromatic carbocycles. The normalized spacial score (nSPS) is 12.0. The Labute approximate surface area is 73.4 Å². The molecule has 0 saturated carbocycles. The number of nitrogens with two attached hydrogens (primary N) is 1. The van der Waals surface area contributed by atoms with Gasteiger partial charge in [0.1, 0.15) is 0 Å². The average Bonchev–Trinajstić information content (AvgIpc) is 2.34. The average molecular weight is 167 g/mol. The largest absolute Gasteiger partial charge is 0.330 e. The summed E-state index contributed by atoms with van der Waals surface area (Å²) in [5.41, 5.74) is 8.07. The zero-order valence-electron chi connectivity index (χ0n) is 8.02. The van der Waals surface area contributed by atoms with Gasteiger partial charge in [-0.3, -0.25) is 5.10 Å². The Hall–Kier alpha value is -0.830. The standard InChI is InChI=1S/C9H17N3/c1-9(2,3)8-7(4-5-10)6-11-12-8/h6H,4-5,10H2,1-3H3,(H,11,12). The second-order valence-corrected chi connectivity index (χ2v) is 4.06. The second kappa shape index (κ2) is 3.27. The molecule has 68 valence electrons. The van der Waals surface area contributed by atoms with Crippen molar-refractivity contribution in [1.82, 2.24) is 10.2 Å². The van der Waals surface area contributed by atoms with Crippen molar-refractivity contribution in [2.45, 2.75) is 32.6 Å². The number of H-pyrrole nitrogens is 1. The highest BCUT2D eigenvalue weighted by Crippen LogP contribution is 2.23. The molecule has 0 radical (unpaired) electrons. The van der Waals surface area contributed by atoms with E-state index in [1.54, 1.807) is 0 Å². The van der Waals surface area contributed by atoms with Crippen LogP contribution in [0.25, 0.3) is 0 Å². The molecule has 0 fully saturated rings. The van der Waals surface area contributed by atoms with E-state index in [2.05, 4.69) is 31.0 Å². The van der Waals surface area contributed by atoms with Gasteiger partial charge in [-0.15, -0.1) is 0 Å². The summed E-state index contributed by atoms with van der Waals surface area (Å²) in [6, 6.07) is 0. The lowest BCUT2D eigenvalue weighted by Crippen LogP contribution is -2.15. The molecule has 0 spiro atoms. The van der Waals surface area contributed by atoms with Crippen LogP contribution in [0, 0.1) is 0 Å². The lowest BCUT2D eigenvalue weighted by atomic mass is 9.89. The summed E-state index contributed by atoms with van der Waals surface area (Å²) in [4.78, 5) is 0. The Morgan fingerprint density at radius 1 is 1.50 bits per heavy atom. The molecule has 12 heavy (non-hydrogen) atoms. The molecular weight excluding hydrogens is 150 g/mol. The first-order chi connectivity index (χ1) is 5.55. The van der Waals surface area contributed by atoms with Crippen LogP contribution in [0.5, 0.6) is 0 Å². The highest BCUT2D eigenvalue weighted by molar-refractivity contribution is 5.23. The number of rotatable bonds is 2. The molecule has 0 saturated heterocycles. The van der Waals surface area contributed by atoms with Gasteiger partial charge in [0.25, 0.3) is 0 Å². The van der Waals surface area contributed by atoms with Crippen molar-refractivity contribution < 1.29 is 0 Å². The molecule has 1 heterocycles. The first-order valence-corrected chi connectivity index (χ1v) is 4.28. The minimum Gasteiger partial charge on any atom is -0.330 e. The molecule has 1 aromatic rings. The van der Waals surface area contributed by atoms with Crippen molar-refractivity contribution in [2.75, 3.05) is 6.54 Å². The summed E-state index contributed by atoms with van der Waals surface area (Å²) in [5.74, 6) is 0. The molecule has 0 bridgehead atoms. The van der Waals surface area contributed by atoms with E-state index in [4.69, 9.17) is 5.73 Å². The Morgan fingerprint density at radius 2 is 2.17 bits per heavy atom. The van der Waals surface area contributed by atoms with Crippen molar-refractivity contribution in [2.24, 2.45) is 5.73 Å². The molecular formula is C9H17N3. The van der Waals surface area contributed by atoms with Crippen LogP contribution >= 0.6 is 0 Å². The molecule has 3 heteroatoms. The van der Waals surface area contributed by atoms with Gasteiger partial charge in [-0.1, -0.05) is 20.8 Å². The third-order valence-electron chi connectivity index (χ3n) is 1.88. The van der Waals surface area contributed by atoms with E-state index in [-0.39, 0.29) is 5.41 Å². The molecule has 1 aromatic heterocycles. The summed E-state index contributed by atoms with van der Waals surface area (Å²) < 4.78 is 0.